The zero-order valence-electron chi connectivity index (χ0n) is 10.8. The molecule has 0 bridgehead atoms. The van der Waals surface area contributed by atoms with E-state index in [1.54, 1.807) is 0 Å². The molecule has 0 radical (unpaired) electrons. The van der Waals surface area contributed by atoms with Gasteiger partial charge >= 0.3 is 0 Å². The first kappa shape index (κ1) is 12.1. The molecule has 84 valence electrons. The quantitative estimate of drug-likeness (QED) is 0.552. The molecule has 2 unspecified atom stereocenters. The van der Waals surface area contributed by atoms with Crippen molar-refractivity contribution in [3.05, 3.63) is 0 Å². The minimum absolute atomic E-state index is 0.547. The average molecular weight is 196 g/mol. The zero-order chi connectivity index (χ0) is 10.8. The highest BCUT2D eigenvalue weighted by molar-refractivity contribution is 4.86. The van der Waals surface area contributed by atoms with Gasteiger partial charge in [-0.05, 0) is 29.6 Å². The Hall–Kier alpha value is 0. The van der Waals surface area contributed by atoms with Crippen LogP contribution in [0.4, 0.5) is 0 Å². The van der Waals surface area contributed by atoms with Crippen LogP contribution in [0.5, 0.6) is 0 Å². The predicted molar refractivity (Wildman–Crippen MR) is 64.4 cm³/mol. The fourth-order valence-corrected chi connectivity index (χ4v) is 3.06. The Bertz CT molecular complexity index is 178. The second-order valence-corrected chi connectivity index (χ2v) is 6.48. The van der Waals surface area contributed by atoms with Crippen molar-refractivity contribution < 1.29 is 0 Å². The molecule has 0 nitrogen and oxygen atoms in total. The SMILES string of the molecule is CCC1(C)CCCCC(C)C(C)(C)C1. The van der Waals surface area contributed by atoms with Gasteiger partial charge in [0, 0.05) is 0 Å². The maximum Gasteiger partial charge on any atom is -0.0323 e. The molecule has 1 aliphatic rings. The van der Waals surface area contributed by atoms with Crippen molar-refractivity contribution in [3.8, 4) is 0 Å². The van der Waals surface area contributed by atoms with Crippen molar-refractivity contribution >= 4 is 0 Å². The van der Waals surface area contributed by atoms with Crippen LogP contribution in [-0.4, -0.2) is 0 Å². The monoisotopic (exact) mass is 196 g/mol. The molecule has 0 amide bonds. The summed E-state index contributed by atoms with van der Waals surface area (Å²) in [6, 6.07) is 0. The summed E-state index contributed by atoms with van der Waals surface area (Å²) in [6.07, 6.45) is 8.54. The van der Waals surface area contributed by atoms with Crippen LogP contribution in [0.15, 0.2) is 0 Å². The molecule has 0 aromatic heterocycles. The van der Waals surface area contributed by atoms with Gasteiger partial charge in [0.1, 0.15) is 0 Å². The number of hydrogen-bond donors (Lipinski definition) is 0. The Balaban J connectivity index is 2.75. The second kappa shape index (κ2) is 4.24. The molecule has 0 spiro atoms. The summed E-state index contributed by atoms with van der Waals surface area (Å²) in [6.45, 7) is 12.2. The topological polar surface area (TPSA) is 0 Å². The van der Waals surface area contributed by atoms with Gasteiger partial charge in [-0.15, -0.1) is 0 Å². The molecule has 1 saturated carbocycles. The minimum atomic E-state index is 0.547. The van der Waals surface area contributed by atoms with Gasteiger partial charge in [-0.25, -0.2) is 0 Å². The molecule has 1 rings (SSSR count). The normalized spacial score (nSPS) is 38.8. The third kappa shape index (κ3) is 2.74. The highest BCUT2D eigenvalue weighted by Crippen LogP contribution is 2.47. The summed E-state index contributed by atoms with van der Waals surface area (Å²) >= 11 is 0. The van der Waals surface area contributed by atoms with Gasteiger partial charge < -0.3 is 0 Å². The van der Waals surface area contributed by atoms with Crippen LogP contribution in [0.3, 0.4) is 0 Å². The average Bonchev–Trinajstić information content (AvgIpc) is 2.10. The zero-order valence-corrected chi connectivity index (χ0v) is 10.8. The second-order valence-electron chi connectivity index (χ2n) is 6.48. The Morgan fingerprint density at radius 2 is 1.79 bits per heavy atom. The summed E-state index contributed by atoms with van der Waals surface area (Å²) in [4.78, 5) is 0. The molecule has 2 atom stereocenters. The van der Waals surface area contributed by atoms with E-state index in [-0.39, 0.29) is 0 Å². The van der Waals surface area contributed by atoms with E-state index in [1.165, 1.54) is 38.5 Å². The Morgan fingerprint density at radius 3 is 2.36 bits per heavy atom. The lowest BCUT2D eigenvalue weighted by Gasteiger charge is -2.43. The van der Waals surface area contributed by atoms with Gasteiger partial charge in [-0.2, -0.15) is 0 Å². The van der Waals surface area contributed by atoms with Crippen LogP contribution in [-0.2, 0) is 0 Å². The van der Waals surface area contributed by atoms with Gasteiger partial charge in [-0.3, -0.25) is 0 Å². The van der Waals surface area contributed by atoms with E-state index in [0.717, 1.165) is 5.92 Å². The molecule has 1 aliphatic carbocycles. The van der Waals surface area contributed by atoms with E-state index in [0.29, 0.717) is 10.8 Å². The van der Waals surface area contributed by atoms with E-state index >= 15 is 0 Å². The maximum absolute atomic E-state index is 2.49. The molecule has 0 aliphatic heterocycles. The van der Waals surface area contributed by atoms with Crippen LogP contribution in [0.25, 0.3) is 0 Å². The molecule has 0 aromatic carbocycles. The van der Waals surface area contributed by atoms with E-state index in [9.17, 15) is 0 Å². The Morgan fingerprint density at radius 1 is 1.14 bits per heavy atom. The van der Waals surface area contributed by atoms with Gasteiger partial charge in [0.25, 0.3) is 0 Å². The van der Waals surface area contributed by atoms with Crippen LogP contribution < -0.4 is 0 Å². The summed E-state index contributed by atoms with van der Waals surface area (Å²) in [5.41, 5.74) is 1.16. The molecule has 0 saturated heterocycles. The van der Waals surface area contributed by atoms with Crippen LogP contribution >= 0.6 is 0 Å². The molecule has 14 heavy (non-hydrogen) atoms. The molecule has 0 heterocycles. The van der Waals surface area contributed by atoms with Crippen molar-refractivity contribution in [2.24, 2.45) is 16.7 Å². The third-order valence-electron chi connectivity index (χ3n) is 4.74. The highest BCUT2D eigenvalue weighted by Gasteiger charge is 2.35. The lowest BCUT2D eigenvalue weighted by molar-refractivity contribution is 0.0818. The predicted octanol–water partition coefficient (Wildman–Crippen LogP) is 5.03. The Kier molecular flexibility index (Phi) is 3.66. The first-order chi connectivity index (χ1) is 6.40. The lowest BCUT2D eigenvalue weighted by atomic mass is 9.63. The van der Waals surface area contributed by atoms with Crippen molar-refractivity contribution in [2.45, 2.75) is 73.1 Å². The van der Waals surface area contributed by atoms with Gasteiger partial charge in [-0.1, -0.05) is 60.3 Å². The van der Waals surface area contributed by atoms with Crippen molar-refractivity contribution in [1.29, 1.82) is 0 Å². The summed E-state index contributed by atoms with van der Waals surface area (Å²) < 4.78 is 0. The summed E-state index contributed by atoms with van der Waals surface area (Å²) in [5.74, 6) is 0.897. The molecule has 0 heteroatoms. The van der Waals surface area contributed by atoms with E-state index in [4.69, 9.17) is 0 Å². The fourth-order valence-electron chi connectivity index (χ4n) is 3.06. The van der Waals surface area contributed by atoms with Gasteiger partial charge in [0.05, 0.1) is 0 Å². The molecule has 0 aromatic rings. The molecule has 1 fully saturated rings. The largest absolute Gasteiger partial charge is 0.0649 e. The number of rotatable bonds is 1. The smallest absolute Gasteiger partial charge is 0.0323 e. The van der Waals surface area contributed by atoms with E-state index in [1.807, 2.05) is 0 Å². The fraction of sp³-hybridized carbons (Fsp3) is 1.00. The van der Waals surface area contributed by atoms with Gasteiger partial charge in [0.2, 0.25) is 0 Å². The van der Waals surface area contributed by atoms with Crippen LogP contribution in [0.1, 0.15) is 73.1 Å². The minimum Gasteiger partial charge on any atom is -0.0649 e. The van der Waals surface area contributed by atoms with E-state index in [2.05, 4.69) is 34.6 Å². The van der Waals surface area contributed by atoms with Crippen molar-refractivity contribution in [1.82, 2.24) is 0 Å². The van der Waals surface area contributed by atoms with Crippen LogP contribution in [0, 0.1) is 16.7 Å². The summed E-state index contributed by atoms with van der Waals surface area (Å²) in [7, 11) is 0. The molecular weight excluding hydrogens is 168 g/mol. The lowest BCUT2D eigenvalue weighted by Crippen LogP contribution is -2.32. The highest BCUT2D eigenvalue weighted by atomic mass is 14.4. The third-order valence-corrected chi connectivity index (χ3v) is 4.74. The first-order valence-corrected chi connectivity index (χ1v) is 6.40. The number of hydrogen-bond acceptors (Lipinski definition) is 0. The van der Waals surface area contributed by atoms with Crippen LogP contribution in [0.2, 0.25) is 0 Å². The Labute approximate surface area is 90.5 Å². The van der Waals surface area contributed by atoms with Gasteiger partial charge in [0.15, 0.2) is 0 Å². The van der Waals surface area contributed by atoms with Crippen molar-refractivity contribution in [2.75, 3.05) is 0 Å². The van der Waals surface area contributed by atoms with E-state index < -0.39 is 0 Å². The maximum atomic E-state index is 2.49. The van der Waals surface area contributed by atoms with Crippen molar-refractivity contribution in [3.63, 3.8) is 0 Å². The summed E-state index contributed by atoms with van der Waals surface area (Å²) in [5, 5.41) is 0. The first-order valence-electron chi connectivity index (χ1n) is 6.40. The standard InChI is InChI=1S/C14H28/c1-6-14(5)10-8-7-9-12(2)13(3,4)11-14/h12H,6-11H2,1-5H3. The molecule has 0 N–H and O–H groups in total. The molecular formula is C14H28.